The summed E-state index contributed by atoms with van der Waals surface area (Å²) in [7, 11) is -2.71. The van der Waals surface area contributed by atoms with Crippen molar-refractivity contribution in [3.8, 4) is 0 Å². The molecule has 0 aliphatic heterocycles. The molecule has 0 fully saturated rings. The van der Waals surface area contributed by atoms with Crippen molar-refractivity contribution in [1.29, 1.82) is 0 Å². The summed E-state index contributed by atoms with van der Waals surface area (Å²) in [6.07, 6.45) is 0. The predicted molar refractivity (Wildman–Crippen MR) is 75.9 cm³/mol. The van der Waals surface area contributed by atoms with E-state index in [4.69, 9.17) is 5.73 Å². The summed E-state index contributed by atoms with van der Waals surface area (Å²) in [6.45, 7) is 0.0550. The number of nitrogens with two attached hydrogens (primary N) is 1. The molecule has 0 radical (unpaired) electrons. The number of hydrogen-bond acceptors (Lipinski definition) is 3. The van der Waals surface area contributed by atoms with Crippen LogP contribution in [0.1, 0.15) is 5.56 Å². The molecule has 0 unspecified atom stereocenters. The molecular weight excluding hydrogens is 298 g/mol. The van der Waals surface area contributed by atoms with Gasteiger partial charge in [-0.2, -0.15) is 4.31 Å². The van der Waals surface area contributed by atoms with Crippen LogP contribution >= 0.6 is 0 Å². The Morgan fingerprint density at radius 3 is 2.29 bits per heavy atom. The van der Waals surface area contributed by atoms with Crippen LogP contribution in [-0.4, -0.2) is 19.8 Å². The highest BCUT2D eigenvalue weighted by atomic mass is 32.2. The lowest BCUT2D eigenvalue weighted by Crippen LogP contribution is -2.27. The summed E-state index contributed by atoms with van der Waals surface area (Å²) in [5.74, 6) is -1.94. The van der Waals surface area contributed by atoms with E-state index in [1.807, 2.05) is 0 Å². The number of nitrogens with zero attached hydrogens (tertiary/aromatic N) is 1. The first-order valence-corrected chi connectivity index (χ1v) is 7.50. The molecule has 0 heterocycles. The molecule has 0 bridgehead atoms. The van der Waals surface area contributed by atoms with Crippen molar-refractivity contribution in [3.05, 3.63) is 59.7 Å². The van der Waals surface area contributed by atoms with Gasteiger partial charge in [0.2, 0.25) is 10.0 Å². The molecule has 0 spiro atoms. The SMILES string of the molecule is CN(Cc1ccc(N)cc1)S(=O)(=O)c1ccc(F)cc1F. The number of anilines is 1. The Morgan fingerprint density at radius 1 is 1.10 bits per heavy atom. The van der Waals surface area contributed by atoms with Gasteiger partial charge in [0.25, 0.3) is 0 Å². The van der Waals surface area contributed by atoms with Gasteiger partial charge < -0.3 is 5.73 Å². The maximum absolute atomic E-state index is 13.6. The van der Waals surface area contributed by atoms with Gasteiger partial charge in [-0.05, 0) is 29.8 Å². The van der Waals surface area contributed by atoms with E-state index in [0.29, 0.717) is 17.3 Å². The molecule has 4 nitrogen and oxygen atoms in total. The normalized spacial score (nSPS) is 11.8. The molecule has 0 aromatic heterocycles. The van der Waals surface area contributed by atoms with E-state index < -0.39 is 26.6 Å². The zero-order valence-corrected chi connectivity index (χ0v) is 12.1. The van der Waals surface area contributed by atoms with Gasteiger partial charge in [0.15, 0.2) is 0 Å². The second kappa shape index (κ2) is 5.79. The van der Waals surface area contributed by atoms with E-state index >= 15 is 0 Å². The summed E-state index contributed by atoms with van der Waals surface area (Å²) in [5.41, 5.74) is 6.82. The van der Waals surface area contributed by atoms with Crippen LogP contribution in [0.4, 0.5) is 14.5 Å². The molecular formula is C14H14F2N2O2S. The van der Waals surface area contributed by atoms with E-state index in [9.17, 15) is 17.2 Å². The van der Waals surface area contributed by atoms with Crippen molar-refractivity contribution in [2.24, 2.45) is 0 Å². The van der Waals surface area contributed by atoms with E-state index in [2.05, 4.69) is 0 Å². The van der Waals surface area contributed by atoms with Gasteiger partial charge in [0, 0.05) is 25.3 Å². The third-order valence-corrected chi connectivity index (χ3v) is 4.80. The van der Waals surface area contributed by atoms with E-state index in [0.717, 1.165) is 16.4 Å². The van der Waals surface area contributed by atoms with Crippen molar-refractivity contribution in [1.82, 2.24) is 4.31 Å². The van der Waals surface area contributed by atoms with Gasteiger partial charge in [-0.1, -0.05) is 12.1 Å². The second-order valence-electron chi connectivity index (χ2n) is 4.58. The summed E-state index contributed by atoms with van der Waals surface area (Å²) >= 11 is 0. The molecule has 2 aromatic carbocycles. The number of sulfonamides is 1. The molecule has 2 aromatic rings. The fraction of sp³-hybridized carbons (Fsp3) is 0.143. The van der Waals surface area contributed by atoms with Gasteiger partial charge in [0.1, 0.15) is 16.5 Å². The van der Waals surface area contributed by atoms with Crippen LogP contribution in [0.5, 0.6) is 0 Å². The molecule has 112 valence electrons. The molecule has 0 saturated carbocycles. The minimum atomic E-state index is -4.03. The van der Waals surface area contributed by atoms with Crippen molar-refractivity contribution >= 4 is 15.7 Å². The molecule has 2 N–H and O–H groups in total. The molecule has 0 aliphatic carbocycles. The van der Waals surface area contributed by atoms with Crippen LogP contribution in [0.3, 0.4) is 0 Å². The Hall–Kier alpha value is -1.99. The standard InChI is InChI=1S/C14H14F2N2O2S/c1-18(9-10-2-5-12(17)6-3-10)21(19,20)14-7-4-11(15)8-13(14)16/h2-8H,9,17H2,1H3. The largest absolute Gasteiger partial charge is 0.399 e. The third-order valence-electron chi connectivity index (χ3n) is 2.97. The highest BCUT2D eigenvalue weighted by molar-refractivity contribution is 7.89. The van der Waals surface area contributed by atoms with Gasteiger partial charge in [-0.3, -0.25) is 0 Å². The lowest BCUT2D eigenvalue weighted by Gasteiger charge is -2.17. The van der Waals surface area contributed by atoms with Crippen molar-refractivity contribution in [3.63, 3.8) is 0 Å². The first kappa shape index (κ1) is 15.4. The van der Waals surface area contributed by atoms with Crippen LogP contribution in [0.15, 0.2) is 47.4 Å². The number of hydrogen-bond donors (Lipinski definition) is 1. The average molecular weight is 312 g/mol. The third kappa shape index (κ3) is 3.37. The van der Waals surface area contributed by atoms with E-state index in [1.54, 1.807) is 24.3 Å². The van der Waals surface area contributed by atoms with E-state index in [-0.39, 0.29) is 6.54 Å². The van der Waals surface area contributed by atoms with E-state index in [1.165, 1.54) is 7.05 Å². The van der Waals surface area contributed by atoms with Crippen LogP contribution in [0.25, 0.3) is 0 Å². The van der Waals surface area contributed by atoms with Crippen LogP contribution in [-0.2, 0) is 16.6 Å². The summed E-state index contributed by atoms with van der Waals surface area (Å²) < 4.78 is 52.0. The first-order valence-electron chi connectivity index (χ1n) is 6.06. The summed E-state index contributed by atoms with van der Waals surface area (Å²) in [5, 5.41) is 0. The molecule has 0 aliphatic rings. The molecule has 0 atom stereocenters. The average Bonchev–Trinajstić information content (AvgIpc) is 2.40. The highest BCUT2D eigenvalue weighted by Crippen LogP contribution is 2.21. The number of benzene rings is 2. The lowest BCUT2D eigenvalue weighted by atomic mass is 10.2. The molecule has 2 rings (SSSR count). The van der Waals surface area contributed by atoms with Crippen LogP contribution in [0, 0.1) is 11.6 Å². The summed E-state index contributed by atoms with van der Waals surface area (Å²) in [6, 6.07) is 9.03. The topological polar surface area (TPSA) is 63.4 Å². The van der Waals surface area contributed by atoms with Gasteiger partial charge >= 0.3 is 0 Å². The number of halogens is 2. The quantitative estimate of drug-likeness (QED) is 0.882. The Balaban J connectivity index is 2.28. The minimum absolute atomic E-state index is 0.0550. The van der Waals surface area contributed by atoms with Crippen molar-refractivity contribution in [2.75, 3.05) is 12.8 Å². The van der Waals surface area contributed by atoms with Gasteiger partial charge in [-0.15, -0.1) is 0 Å². The smallest absolute Gasteiger partial charge is 0.246 e. The zero-order chi connectivity index (χ0) is 15.6. The van der Waals surface area contributed by atoms with Gasteiger partial charge in [-0.25, -0.2) is 17.2 Å². The maximum atomic E-state index is 13.6. The Labute approximate surface area is 121 Å². The molecule has 0 amide bonds. The molecule has 7 heteroatoms. The molecule has 21 heavy (non-hydrogen) atoms. The second-order valence-corrected chi connectivity index (χ2v) is 6.59. The Morgan fingerprint density at radius 2 is 1.71 bits per heavy atom. The minimum Gasteiger partial charge on any atom is -0.399 e. The summed E-state index contributed by atoms with van der Waals surface area (Å²) in [4.78, 5) is -0.554. The van der Waals surface area contributed by atoms with Gasteiger partial charge in [0.05, 0.1) is 0 Å². The monoisotopic (exact) mass is 312 g/mol. The lowest BCUT2D eigenvalue weighted by molar-refractivity contribution is 0.458. The van der Waals surface area contributed by atoms with Crippen molar-refractivity contribution < 1.29 is 17.2 Å². The first-order chi connectivity index (χ1) is 9.80. The zero-order valence-electron chi connectivity index (χ0n) is 11.3. The maximum Gasteiger partial charge on any atom is 0.246 e. The predicted octanol–water partition coefficient (Wildman–Crippen LogP) is 2.37. The molecule has 0 saturated heterocycles. The number of rotatable bonds is 4. The fourth-order valence-corrected chi connectivity index (χ4v) is 3.02. The fourth-order valence-electron chi connectivity index (χ4n) is 1.82. The Bertz CT molecular complexity index is 746. The highest BCUT2D eigenvalue weighted by Gasteiger charge is 2.24. The van der Waals surface area contributed by atoms with Crippen LogP contribution < -0.4 is 5.73 Å². The van der Waals surface area contributed by atoms with Crippen LogP contribution in [0.2, 0.25) is 0 Å². The van der Waals surface area contributed by atoms with Crippen molar-refractivity contribution in [2.45, 2.75) is 11.4 Å². The Kier molecular flexibility index (Phi) is 4.24. The number of nitrogen functional groups attached to an aromatic ring is 1.